The van der Waals surface area contributed by atoms with Crippen LogP contribution in [0.2, 0.25) is 0 Å². The van der Waals surface area contributed by atoms with Gasteiger partial charge < -0.3 is 9.64 Å². The Morgan fingerprint density at radius 2 is 1.95 bits per heavy atom. The molecule has 0 saturated carbocycles. The predicted octanol–water partition coefficient (Wildman–Crippen LogP) is 3.36. The largest absolute Gasteiger partial charge is 0.444 e. The van der Waals surface area contributed by atoms with Gasteiger partial charge in [0.2, 0.25) is 0 Å². The SMILES string of the molecule is CCC(C)(C)c1ccnn1C1CN(C(=O)OC(C)(C)C)C1. The fourth-order valence-electron chi connectivity index (χ4n) is 2.41. The summed E-state index contributed by atoms with van der Waals surface area (Å²) in [5, 5.41) is 4.46. The lowest BCUT2D eigenvalue weighted by Crippen LogP contribution is -2.53. The first-order chi connectivity index (χ1) is 9.64. The summed E-state index contributed by atoms with van der Waals surface area (Å²) in [6.07, 6.45) is 2.67. The Kier molecular flexibility index (Phi) is 4.04. The normalized spacial score (nSPS) is 16.8. The van der Waals surface area contributed by atoms with E-state index in [1.54, 1.807) is 4.90 Å². The number of hydrogen-bond acceptors (Lipinski definition) is 3. The highest BCUT2D eigenvalue weighted by Crippen LogP contribution is 2.31. The highest BCUT2D eigenvalue weighted by molar-refractivity contribution is 5.69. The van der Waals surface area contributed by atoms with Crippen LogP contribution in [0.4, 0.5) is 4.79 Å². The molecule has 0 atom stereocenters. The number of rotatable bonds is 3. The van der Waals surface area contributed by atoms with Gasteiger partial charge >= 0.3 is 6.09 Å². The van der Waals surface area contributed by atoms with E-state index in [1.807, 2.05) is 27.0 Å². The van der Waals surface area contributed by atoms with Crippen molar-refractivity contribution in [2.45, 2.75) is 65.0 Å². The second kappa shape index (κ2) is 5.35. The molecule has 1 fully saturated rings. The molecule has 5 heteroatoms. The van der Waals surface area contributed by atoms with Crippen LogP contribution in [-0.4, -0.2) is 39.5 Å². The molecule has 0 N–H and O–H groups in total. The summed E-state index contributed by atoms with van der Waals surface area (Å²) in [5.74, 6) is 0. The lowest BCUT2D eigenvalue weighted by Gasteiger charge is -2.41. The van der Waals surface area contributed by atoms with E-state index in [0.29, 0.717) is 13.1 Å². The van der Waals surface area contributed by atoms with Gasteiger partial charge in [-0.3, -0.25) is 4.68 Å². The third-order valence-corrected chi connectivity index (χ3v) is 4.11. The fourth-order valence-corrected chi connectivity index (χ4v) is 2.41. The van der Waals surface area contributed by atoms with Crippen molar-refractivity contribution in [3.8, 4) is 0 Å². The van der Waals surface area contributed by atoms with Gasteiger partial charge in [-0.05, 0) is 33.3 Å². The van der Waals surface area contributed by atoms with Gasteiger partial charge in [0.15, 0.2) is 0 Å². The van der Waals surface area contributed by atoms with E-state index in [4.69, 9.17) is 4.74 Å². The molecule has 1 aliphatic rings. The predicted molar refractivity (Wildman–Crippen MR) is 82.4 cm³/mol. The smallest absolute Gasteiger partial charge is 0.410 e. The van der Waals surface area contributed by atoms with Gasteiger partial charge in [0.1, 0.15) is 5.60 Å². The van der Waals surface area contributed by atoms with Crippen LogP contribution in [-0.2, 0) is 10.2 Å². The summed E-state index contributed by atoms with van der Waals surface area (Å²) in [6, 6.07) is 2.34. The Bertz CT molecular complexity index is 508. The highest BCUT2D eigenvalue weighted by Gasteiger charge is 2.37. The molecule has 0 radical (unpaired) electrons. The molecule has 0 spiro atoms. The number of carbonyl (C=O) groups excluding carboxylic acids is 1. The van der Waals surface area contributed by atoms with Gasteiger partial charge in [-0.2, -0.15) is 5.10 Å². The van der Waals surface area contributed by atoms with E-state index < -0.39 is 5.60 Å². The molecule has 2 rings (SSSR count). The zero-order chi connectivity index (χ0) is 15.8. The first-order valence-corrected chi connectivity index (χ1v) is 7.66. The summed E-state index contributed by atoms with van der Waals surface area (Å²) in [6.45, 7) is 13.6. The van der Waals surface area contributed by atoms with Gasteiger partial charge in [0.25, 0.3) is 0 Å². The van der Waals surface area contributed by atoms with Crippen molar-refractivity contribution in [1.82, 2.24) is 14.7 Å². The van der Waals surface area contributed by atoms with E-state index in [9.17, 15) is 4.79 Å². The van der Waals surface area contributed by atoms with E-state index >= 15 is 0 Å². The van der Waals surface area contributed by atoms with Crippen molar-refractivity contribution >= 4 is 6.09 Å². The number of carbonyl (C=O) groups is 1. The van der Waals surface area contributed by atoms with Crippen molar-refractivity contribution < 1.29 is 9.53 Å². The second-order valence-corrected chi connectivity index (χ2v) is 7.44. The maximum Gasteiger partial charge on any atom is 0.410 e. The maximum absolute atomic E-state index is 12.0. The Morgan fingerprint density at radius 3 is 2.48 bits per heavy atom. The molecule has 0 aromatic carbocycles. The first kappa shape index (κ1) is 15.9. The number of hydrogen-bond donors (Lipinski definition) is 0. The molecule has 1 aromatic rings. The monoisotopic (exact) mass is 293 g/mol. The van der Waals surface area contributed by atoms with Gasteiger partial charge in [0.05, 0.1) is 6.04 Å². The third-order valence-electron chi connectivity index (χ3n) is 4.11. The van der Waals surface area contributed by atoms with Crippen LogP contribution >= 0.6 is 0 Å². The Labute approximate surface area is 127 Å². The number of aromatic nitrogens is 2. The standard InChI is InChI=1S/C16H27N3O2/c1-7-16(5,6)13-8-9-17-19(13)12-10-18(11-12)14(20)21-15(2,3)4/h8-9,12H,7,10-11H2,1-6H3. The second-order valence-electron chi connectivity index (χ2n) is 7.44. The van der Waals surface area contributed by atoms with Crippen LogP contribution in [0, 0.1) is 0 Å². The van der Waals surface area contributed by atoms with E-state index in [-0.39, 0.29) is 17.6 Å². The molecule has 1 aliphatic heterocycles. The molecule has 1 aromatic heterocycles. The molecular formula is C16H27N3O2. The minimum absolute atomic E-state index is 0.100. The first-order valence-electron chi connectivity index (χ1n) is 7.66. The number of ether oxygens (including phenoxy) is 1. The quantitative estimate of drug-likeness (QED) is 0.858. The van der Waals surface area contributed by atoms with Gasteiger partial charge in [-0.25, -0.2) is 4.79 Å². The molecule has 1 amide bonds. The molecule has 118 valence electrons. The molecule has 0 aliphatic carbocycles. The molecular weight excluding hydrogens is 266 g/mol. The van der Waals surface area contributed by atoms with E-state index in [2.05, 4.69) is 36.6 Å². The molecule has 2 heterocycles. The Morgan fingerprint density at radius 1 is 1.33 bits per heavy atom. The van der Waals surface area contributed by atoms with Crippen LogP contribution in [0.5, 0.6) is 0 Å². The summed E-state index contributed by atoms with van der Waals surface area (Å²) in [4.78, 5) is 13.7. The van der Waals surface area contributed by atoms with Crippen molar-refractivity contribution in [3.05, 3.63) is 18.0 Å². The maximum atomic E-state index is 12.0. The number of nitrogens with zero attached hydrogens (tertiary/aromatic N) is 3. The summed E-state index contributed by atoms with van der Waals surface area (Å²) in [5.41, 5.74) is 0.894. The van der Waals surface area contributed by atoms with Gasteiger partial charge in [-0.15, -0.1) is 0 Å². The molecule has 0 bridgehead atoms. The van der Waals surface area contributed by atoms with Gasteiger partial charge in [0, 0.05) is 30.4 Å². The Balaban J connectivity index is 2.00. The van der Waals surface area contributed by atoms with Crippen LogP contribution in [0.3, 0.4) is 0 Å². The lowest BCUT2D eigenvalue weighted by atomic mass is 9.86. The number of amides is 1. The van der Waals surface area contributed by atoms with Crippen molar-refractivity contribution in [1.29, 1.82) is 0 Å². The van der Waals surface area contributed by atoms with Crippen molar-refractivity contribution in [3.63, 3.8) is 0 Å². The molecule has 21 heavy (non-hydrogen) atoms. The zero-order valence-corrected chi connectivity index (χ0v) is 14.0. The van der Waals surface area contributed by atoms with E-state index in [0.717, 1.165) is 6.42 Å². The van der Waals surface area contributed by atoms with Crippen LogP contribution < -0.4 is 0 Å². The Hall–Kier alpha value is -1.52. The van der Waals surface area contributed by atoms with Crippen molar-refractivity contribution in [2.75, 3.05) is 13.1 Å². The minimum atomic E-state index is -0.441. The molecule has 5 nitrogen and oxygen atoms in total. The van der Waals surface area contributed by atoms with Gasteiger partial charge in [-0.1, -0.05) is 20.8 Å². The number of likely N-dealkylation sites (tertiary alicyclic amines) is 1. The zero-order valence-electron chi connectivity index (χ0n) is 14.0. The molecule has 0 unspecified atom stereocenters. The fraction of sp³-hybridized carbons (Fsp3) is 0.750. The van der Waals surface area contributed by atoms with Crippen LogP contribution in [0.1, 0.15) is 59.7 Å². The third kappa shape index (κ3) is 3.39. The average molecular weight is 293 g/mol. The summed E-state index contributed by atoms with van der Waals surface area (Å²) in [7, 11) is 0. The highest BCUT2D eigenvalue weighted by atomic mass is 16.6. The topological polar surface area (TPSA) is 47.4 Å². The van der Waals surface area contributed by atoms with Crippen LogP contribution in [0.25, 0.3) is 0 Å². The molecule has 1 saturated heterocycles. The van der Waals surface area contributed by atoms with Crippen molar-refractivity contribution in [2.24, 2.45) is 0 Å². The minimum Gasteiger partial charge on any atom is -0.444 e. The van der Waals surface area contributed by atoms with Crippen LogP contribution in [0.15, 0.2) is 12.3 Å². The average Bonchev–Trinajstić information content (AvgIpc) is 2.74. The lowest BCUT2D eigenvalue weighted by molar-refractivity contribution is -0.00110. The summed E-state index contributed by atoms with van der Waals surface area (Å²) < 4.78 is 7.46. The van der Waals surface area contributed by atoms with E-state index in [1.165, 1.54) is 5.69 Å². The summed E-state index contributed by atoms with van der Waals surface area (Å²) >= 11 is 0.